The molecule has 1 heterocycles. The van der Waals surface area contributed by atoms with Gasteiger partial charge >= 0.3 is 0 Å². The number of fused-ring (bicyclic) bond motifs is 1. The highest BCUT2D eigenvalue weighted by atomic mass is 35.5. The van der Waals surface area contributed by atoms with Crippen LogP contribution in [0.25, 0.3) is 10.9 Å². The van der Waals surface area contributed by atoms with Crippen molar-refractivity contribution in [3.63, 3.8) is 0 Å². The number of rotatable bonds is 5. The lowest BCUT2D eigenvalue weighted by molar-refractivity contribution is 0.102. The molecule has 1 amide bonds. The summed E-state index contributed by atoms with van der Waals surface area (Å²) in [5, 5.41) is 14.2. The molecule has 0 bridgehead atoms. The van der Waals surface area contributed by atoms with Crippen molar-refractivity contribution in [2.75, 3.05) is 5.32 Å². The van der Waals surface area contributed by atoms with Crippen molar-refractivity contribution in [1.29, 1.82) is 0 Å². The highest BCUT2D eigenvalue weighted by Crippen LogP contribution is 2.27. The SMILES string of the molecule is CC(C)CCn1c(=O)c(C(=O)Nc2cccc(Cl)c2)c(O)c2ccccc21. The molecule has 1 aromatic heterocycles. The lowest BCUT2D eigenvalue weighted by Crippen LogP contribution is -2.30. The minimum Gasteiger partial charge on any atom is -0.506 e. The topological polar surface area (TPSA) is 71.3 Å². The Morgan fingerprint density at radius 3 is 2.63 bits per heavy atom. The molecule has 0 aliphatic rings. The smallest absolute Gasteiger partial charge is 0.267 e. The number of halogens is 1. The molecule has 0 radical (unpaired) electrons. The molecule has 0 aliphatic heterocycles. The van der Waals surface area contributed by atoms with Crippen LogP contribution in [0.3, 0.4) is 0 Å². The zero-order valence-corrected chi connectivity index (χ0v) is 16.0. The Kier molecular flexibility index (Phi) is 5.51. The van der Waals surface area contributed by atoms with Crippen molar-refractivity contribution >= 4 is 34.1 Å². The summed E-state index contributed by atoms with van der Waals surface area (Å²) >= 11 is 5.94. The first-order chi connectivity index (χ1) is 12.9. The van der Waals surface area contributed by atoms with Gasteiger partial charge in [0.25, 0.3) is 11.5 Å². The number of nitrogens with zero attached hydrogens (tertiary/aromatic N) is 1. The molecule has 5 nitrogen and oxygen atoms in total. The average molecular weight is 385 g/mol. The number of hydrogen-bond donors (Lipinski definition) is 2. The van der Waals surface area contributed by atoms with Crippen LogP contribution in [0.2, 0.25) is 5.02 Å². The molecule has 3 rings (SSSR count). The van der Waals surface area contributed by atoms with Gasteiger partial charge in [-0.1, -0.05) is 43.6 Å². The Bertz CT molecular complexity index is 1060. The molecule has 27 heavy (non-hydrogen) atoms. The number of carbonyl (C=O) groups is 1. The largest absolute Gasteiger partial charge is 0.506 e. The number of pyridine rings is 1. The van der Waals surface area contributed by atoms with Crippen LogP contribution in [-0.2, 0) is 6.54 Å². The van der Waals surface area contributed by atoms with Crippen LogP contribution in [0.4, 0.5) is 5.69 Å². The summed E-state index contributed by atoms with van der Waals surface area (Å²) < 4.78 is 1.56. The van der Waals surface area contributed by atoms with Gasteiger partial charge in [0.1, 0.15) is 11.3 Å². The van der Waals surface area contributed by atoms with Crippen LogP contribution in [0.5, 0.6) is 5.75 Å². The average Bonchev–Trinajstić information content (AvgIpc) is 2.61. The number of carbonyl (C=O) groups excluding carboxylic acids is 1. The third-order valence-corrected chi connectivity index (χ3v) is 4.62. The van der Waals surface area contributed by atoms with E-state index in [9.17, 15) is 14.7 Å². The maximum Gasteiger partial charge on any atom is 0.267 e. The Morgan fingerprint density at radius 1 is 1.19 bits per heavy atom. The fraction of sp³-hybridized carbons (Fsp3) is 0.238. The zero-order chi connectivity index (χ0) is 19.6. The summed E-state index contributed by atoms with van der Waals surface area (Å²) in [4.78, 5) is 25.8. The van der Waals surface area contributed by atoms with Crippen molar-refractivity contribution < 1.29 is 9.90 Å². The number of anilines is 1. The van der Waals surface area contributed by atoms with Gasteiger partial charge in [0.15, 0.2) is 0 Å². The Morgan fingerprint density at radius 2 is 1.93 bits per heavy atom. The molecule has 2 N–H and O–H groups in total. The number of aromatic hydroxyl groups is 1. The lowest BCUT2D eigenvalue weighted by atomic mass is 10.1. The number of aryl methyl sites for hydroxylation is 1. The zero-order valence-electron chi connectivity index (χ0n) is 15.2. The van der Waals surface area contributed by atoms with Crippen LogP contribution in [0, 0.1) is 5.92 Å². The van der Waals surface area contributed by atoms with Gasteiger partial charge in [0, 0.05) is 22.6 Å². The quantitative estimate of drug-likeness (QED) is 0.672. The molecule has 6 heteroatoms. The van der Waals surface area contributed by atoms with Gasteiger partial charge in [-0.15, -0.1) is 0 Å². The van der Waals surface area contributed by atoms with Crippen molar-refractivity contribution in [3.8, 4) is 5.75 Å². The Labute approximate surface area is 162 Å². The van der Waals surface area contributed by atoms with Crippen molar-refractivity contribution in [1.82, 2.24) is 4.57 Å². The van der Waals surface area contributed by atoms with Crippen molar-refractivity contribution in [3.05, 3.63) is 69.5 Å². The van der Waals surface area contributed by atoms with E-state index in [1.54, 1.807) is 53.1 Å². The highest BCUT2D eigenvalue weighted by Gasteiger charge is 2.22. The Balaban J connectivity index is 2.11. The second-order valence-corrected chi connectivity index (χ2v) is 7.28. The molecule has 2 aromatic carbocycles. The van der Waals surface area contributed by atoms with Crippen LogP contribution in [-0.4, -0.2) is 15.6 Å². The van der Waals surface area contributed by atoms with Crippen LogP contribution >= 0.6 is 11.6 Å². The fourth-order valence-electron chi connectivity index (χ4n) is 2.96. The van der Waals surface area contributed by atoms with E-state index < -0.39 is 11.5 Å². The second-order valence-electron chi connectivity index (χ2n) is 6.84. The van der Waals surface area contributed by atoms with E-state index in [0.29, 0.717) is 34.1 Å². The van der Waals surface area contributed by atoms with E-state index in [2.05, 4.69) is 19.2 Å². The number of nitrogens with one attached hydrogen (secondary N) is 1. The van der Waals surface area contributed by atoms with Crippen LogP contribution in [0.1, 0.15) is 30.6 Å². The van der Waals surface area contributed by atoms with Gasteiger partial charge < -0.3 is 15.0 Å². The van der Waals surface area contributed by atoms with E-state index in [0.717, 1.165) is 6.42 Å². The molecule has 0 spiro atoms. The summed E-state index contributed by atoms with van der Waals surface area (Å²) in [6.07, 6.45) is 0.782. The third kappa shape index (κ3) is 3.98. The van der Waals surface area contributed by atoms with Gasteiger partial charge in [-0.25, -0.2) is 0 Å². The molecular formula is C21H21ClN2O3. The normalized spacial score (nSPS) is 11.1. The fourth-order valence-corrected chi connectivity index (χ4v) is 3.15. The molecular weight excluding hydrogens is 364 g/mol. The molecule has 0 aliphatic carbocycles. The molecule has 140 valence electrons. The number of amides is 1. The number of hydrogen-bond acceptors (Lipinski definition) is 3. The third-order valence-electron chi connectivity index (χ3n) is 4.39. The molecule has 0 saturated heterocycles. The van der Waals surface area contributed by atoms with Gasteiger partial charge in [0.2, 0.25) is 0 Å². The molecule has 0 fully saturated rings. The van der Waals surface area contributed by atoms with Crippen LogP contribution < -0.4 is 10.9 Å². The van der Waals surface area contributed by atoms with E-state index >= 15 is 0 Å². The molecule has 3 aromatic rings. The molecule has 0 saturated carbocycles. The summed E-state index contributed by atoms with van der Waals surface area (Å²) in [5.74, 6) is -0.576. The monoisotopic (exact) mass is 384 g/mol. The second kappa shape index (κ2) is 7.84. The van der Waals surface area contributed by atoms with Crippen molar-refractivity contribution in [2.45, 2.75) is 26.8 Å². The first kappa shape index (κ1) is 19.0. The predicted octanol–water partition coefficient (Wildman–Crippen LogP) is 4.66. The summed E-state index contributed by atoms with van der Waals surface area (Å²) in [7, 11) is 0. The Hall–Kier alpha value is -2.79. The van der Waals surface area contributed by atoms with E-state index in [-0.39, 0.29) is 11.3 Å². The van der Waals surface area contributed by atoms with Gasteiger partial charge in [-0.3, -0.25) is 9.59 Å². The van der Waals surface area contributed by atoms with Gasteiger partial charge in [-0.05, 0) is 42.7 Å². The van der Waals surface area contributed by atoms with Crippen molar-refractivity contribution in [2.24, 2.45) is 5.92 Å². The maximum absolute atomic E-state index is 13.0. The van der Waals surface area contributed by atoms with E-state index in [1.165, 1.54) is 0 Å². The van der Waals surface area contributed by atoms with Gasteiger partial charge in [0.05, 0.1) is 5.52 Å². The first-order valence-corrected chi connectivity index (χ1v) is 9.17. The number of aromatic nitrogens is 1. The summed E-state index contributed by atoms with van der Waals surface area (Å²) in [6, 6.07) is 13.7. The van der Waals surface area contributed by atoms with E-state index in [1.807, 2.05) is 0 Å². The lowest BCUT2D eigenvalue weighted by Gasteiger charge is -2.16. The molecule has 0 atom stereocenters. The highest BCUT2D eigenvalue weighted by molar-refractivity contribution is 6.31. The molecule has 0 unspecified atom stereocenters. The number of para-hydroxylation sites is 1. The van der Waals surface area contributed by atoms with Gasteiger partial charge in [-0.2, -0.15) is 0 Å². The van der Waals surface area contributed by atoms with E-state index in [4.69, 9.17) is 11.6 Å². The minimum atomic E-state index is -0.663. The summed E-state index contributed by atoms with van der Waals surface area (Å²) in [5.41, 5.74) is 0.289. The first-order valence-electron chi connectivity index (χ1n) is 8.80. The van der Waals surface area contributed by atoms with Crippen LogP contribution in [0.15, 0.2) is 53.3 Å². The predicted molar refractivity (Wildman–Crippen MR) is 109 cm³/mol. The minimum absolute atomic E-state index is 0.266. The summed E-state index contributed by atoms with van der Waals surface area (Å²) in [6.45, 7) is 4.61. The standard InChI is InChI=1S/C21H21ClN2O3/c1-13(2)10-11-24-17-9-4-3-8-16(17)19(25)18(21(24)27)20(26)23-15-7-5-6-14(22)12-15/h3-9,12-13,25H,10-11H2,1-2H3,(H,23,26). The maximum atomic E-state index is 13.0. The number of benzene rings is 2.